The number of anilines is 2. The number of benzene rings is 2. The quantitative estimate of drug-likeness (QED) is 0.849. The maximum absolute atomic E-state index is 12.4. The first kappa shape index (κ1) is 19.0. The lowest BCUT2D eigenvalue weighted by Gasteiger charge is -2.34. The second-order valence-corrected chi connectivity index (χ2v) is 6.78. The molecule has 1 aliphatic rings. The van der Waals surface area contributed by atoms with Gasteiger partial charge in [0.2, 0.25) is 0 Å². The van der Waals surface area contributed by atoms with Gasteiger partial charge in [-0.3, -0.25) is 4.79 Å². The summed E-state index contributed by atoms with van der Waals surface area (Å²) in [7, 11) is 3.73. The molecule has 3 rings (SSSR count). The van der Waals surface area contributed by atoms with Crippen molar-refractivity contribution in [3.63, 3.8) is 0 Å². The average Bonchev–Trinajstić information content (AvgIpc) is 2.68. The molecule has 144 valence electrons. The van der Waals surface area contributed by atoms with E-state index in [-0.39, 0.29) is 12.5 Å². The number of ether oxygens (including phenoxy) is 2. The van der Waals surface area contributed by atoms with Gasteiger partial charge in [-0.15, -0.1) is 0 Å². The largest absolute Gasteiger partial charge is 0.495 e. The van der Waals surface area contributed by atoms with Gasteiger partial charge < -0.3 is 24.6 Å². The highest BCUT2D eigenvalue weighted by Gasteiger charge is 2.17. The molecule has 2 aromatic carbocycles. The van der Waals surface area contributed by atoms with Gasteiger partial charge in [-0.2, -0.15) is 0 Å². The summed E-state index contributed by atoms with van der Waals surface area (Å²) in [6.07, 6.45) is 0. The van der Waals surface area contributed by atoms with E-state index in [1.54, 1.807) is 7.11 Å². The topological polar surface area (TPSA) is 54.0 Å². The minimum Gasteiger partial charge on any atom is -0.495 e. The molecule has 0 bridgehead atoms. The van der Waals surface area contributed by atoms with E-state index in [9.17, 15) is 4.79 Å². The Morgan fingerprint density at radius 2 is 1.81 bits per heavy atom. The third-order valence-corrected chi connectivity index (χ3v) is 4.78. The molecule has 0 aromatic heterocycles. The molecule has 27 heavy (non-hydrogen) atoms. The van der Waals surface area contributed by atoms with Crippen LogP contribution in [0.2, 0.25) is 0 Å². The highest BCUT2D eigenvalue weighted by atomic mass is 16.5. The minimum absolute atomic E-state index is 0.0489. The fourth-order valence-electron chi connectivity index (χ4n) is 3.10. The van der Waals surface area contributed by atoms with Gasteiger partial charge in [0, 0.05) is 31.9 Å². The number of amides is 1. The van der Waals surface area contributed by atoms with Crippen LogP contribution in [0.1, 0.15) is 5.56 Å². The molecule has 0 saturated carbocycles. The molecule has 0 radical (unpaired) electrons. The van der Waals surface area contributed by atoms with E-state index < -0.39 is 0 Å². The normalized spacial score (nSPS) is 14.7. The summed E-state index contributed by atoms with van der Waals surface area (Å²) in [5.74, 6) is 1.13. The molecule has 2 aromatic rings. The van der Waals surface area contributed by atoms with Crippen LogP contribution in [0.5, 0.6) is 11.5 Å². The lowest BCUT2D eigenvalue weighted by Crippen LogP contribution is -2.44. The Morgan fingerprint density at radius 3 is 2.52 bits per heavy atom. The Hall–Kier alpha value is -2.73. The number of carbonyl (C=O) groups excluding carboxylic acids is 1. The summed E-state index contributed by atoms with van der Waals surface area (Å²) in [5.41, 5.74) is 2.74. The number of likely N-dealkylation sites (N-methyl/N-ethyl adjacent to an activating group) is 1. The molecule has 0 aliphatic carbocycles. The van der Waals surface area contributed by atoms with E-state index in [1.165, 1.54) is 0 Å². The lowest BCUT2D eigenvalue weighted by atomic mass is 10.2. The highest BCUT2D eigenvalue weighted by molar-refractivity contribution is 5.94. The Kier molecular flexibility index (Phi) is 6.19. The van der Waals surface area contributed by atoms with E-state index in [0.29, 0.717) is 17.2 Å². The molecule has 0 unspecified atom stereocenters. The van der Waals surface area contributed by atoms with Gasteiger partial charge in [-0.05, 0) is 43.8 Å². The number of hydrogen-bond donors (Lipinski definition) is 1. The molecule has 1 amide bonds. The molecule has 1 aliphatic heterocycles. The number of para-hydroxylation sites is 1. The third-order valence-electron chi connectivity index (χ3n) is 4.78. The molecular weight excluding hydrogens is 342 g/mol. The van der Waals surface area contributed by atoms with Crippen LogP contribution in [-0.2, 0) is 4.79 Å². The standard InChI is InChI=1S/C21H27N3O3/c1-16-6-4-5-7-19(16)27-15-21(25)22-18-14-17(8-9-20(18)26-3)24-12-10-23(2)11-13-24/h4-9,14H,10-13,15H2,1-3H3,(H,22,25). The Bertz CT molecular complexity index is 786. The fourth-order valence-corrected chi connectivity index (χ4v) is 3.10. The predicted octanol–water partition coefficient (Wildman–Crippen LogP) is 2.77. The number of aryl methyl sites for hydroxylation is 1. The van der Waals surface area contributed by atoms with Crippen LogP contribution < -0.4 is 19.7 Å². The van der Waals surface area contributed by atoms with Crippen LogP contribution in [0.4, 0.5) is 11.4 Å². The van der Waals surface area contributed by atoms with E-state index >= 15 is 0 Å². The Labute approximate surface area is 160 Å². The van der Waals surface area contributed by atoms with Crippen molar-refractivity contribution in [1.29, 1.82) is 0 Å². The van der Waals surface area contributed by atoms with Gasteiger partial charge in [0.15, 0.2) is 6.61 Å². The molecule has 1 fully saturated rings. The maximum atomic E-state index is 12.4. The molecule has 6 heteroatoms. The fraction of sp³-hybridized carbons (Fsp3) is 0.381. The molecule has 1 heterocycles. The summed E-state index contributed by atoms with van der Waals surface area (Å²) < 4.78 is 11.0. The van der Waals surface area contributed by atoms with Crippen LogP contribution in [0, 0.1) is 6.92 Å². The van der Waals surface area contributed by atoms with Crippen LogP contribution >= 0.6 is 0 Å². The van der Waals surface area contributed by atoms with Crippen molar-refractivity contribution in [1.82, 2.24) is 4.90 Å². The van der Waals surface area contributed by atoms with Gasteiger partial charge in [-0.1, -0.05) is 18.2 Å². The second kappa shape index (κ2) is 8.77. The first-order chi connectivity index (χ1) is 13.1. The zero-order valence-corrected chi connectivity index (χ0v) is 16.2. The summed E-state index contributed by atoms with van der Waals surface area (Å²) >= 11 is 0. The van der Waals surface area contributed by atoms with Gasteiger partial charge in [0.25, 0.3) is 5.91 Å². The van der Waals surface area contributed by atoms with E-state index in [4.69, 9.17) is 9.47 Å². The summed E-state index contributed by atoms with van der Waals surface area (Å²) in [5, 5.41) is 2.91. The Morgan fingerprint density at radius 1 is 1.07 bits per heavy atom. The maximum Gasteiger partial charge on any atom is 0.262 e. The lowest BCUT2D eigenvalue weighted by molar-refractivity contribution is -0.118. The van der Waals surface area contributed by atoms with Crippen molar-refractivity contribution in [3.8, 4) is 11.5 Å². The molecule has 6 nitrogen and oxygen atoms in total. The van der Waals surface area contributed by atoms with Crippen molar-refractivity contribution < 1.29 is 14.3 Å². The van der Waals surface area contributed by atoms with Crippen molar-refractivity contribution in [2.24, 2.45) is 0 Å². The first-order valence-corrected chi connectivity index (χ1v) is 9.16. The van der Waals surface area contributed by atoms with E-state index in [0.717, 1.165) is 37.4 Å². The minimum atomic E-state index is -0.216. The summed E-state index contributed by atoms with van der Waals surface area (Å²) in [6.45, 7) is 5.89. The van der Waals surface area contributed by atoms with Crippen LogP contribution in [0.3, 0.4) is 0 Å². The monoisotopic (exact) mass is 369 g/mol. The van der Waals surface area contributed by atoms with Gasteiger partial charge in [-0.25, -0.2) is 0 Å². The smallest absolute Gasteiger partial charge is 0.262 e. The van der Waals surface area contributed by atoms with Crippen LogP contribution in [0.25, 0.3) is 0 Å². The number of methoxy groups -OCH3 is 1. The first-order valence-electron chi connectivity index (χ1n) is 9.16. The molecule has 1 saturated heterocycles. The molecule has 0 atom stereocenters. The third kappa shape index (κ3) is 4.92. The number of rotatable bonds is 6. The molecule has 0 spiro atoms. The zero-order chi connectivity index (χ0) is 19.2. The van der Waals surface area contributed by atoms with Crippen molar-refractivity contribution in [2.45, 2.75) is 6.92 Å². The predicted molar refractivity (Wildman–Crippen MR) is 108 cm³/mol. The number of hydrogen-bond acceptors (Lipinski definition) is 5. The zero-order valence-electron chi connectivity index (χ0n) is 16.2. The van der Waals surface area contributed by atoms with Crippen LogP contribution in [-0.4, -0.2) is 57.8 Å². The SMILES string of the molecule is COc1ccc(N2CCN(C)CC2)cc1NC(=O)COc1ccccc1C. The van der Waals surface area contributed by atoms with Crippen LogP contribution in [0.15, 0.2) is 42.5 Å². The molecular formula is C21H27N3O3. The second-order valence-electron chi connectivity index (χ2n) is 6.78. The van der Waals surface area contributed by atoms with Gasteiger partial charge in [0.05, 0.1) is 12.8 Å². The summed E-state index contributed by atoms with van der Waals surface area (Å²) in [4.78, 5) is 17.0. The van der Waals surface area contributed by atoms with E-state index in [1.807, 2.05) is 49.4 Å². The average molecular weight is 369 g/mol. The number of carbonyl (C=O) groups is 1. The number of nitrogens with one attached hydrogen (secondary N) is 1. The summed E-state index contributed by atoms with van der Waals surface area (Å²) in [6, 6.07) is 13.5. The number of nitrogens with zero attached hydrogens (tertiary/aromatic N) is 2. The molecule has 1 N–H and O–H groups in total. The Balaban J connectivity index is 1.66. The van der Waals surface area contributed by atoms with Crippen molar-refractivity contribution in [2.75, 3.05) is 57.2 Å². The van der Waals surface area contributed by atoms with Crippen molar-refractivity contribution in [3.05, 3.63) is 48.0 Å². The van der Waals surface area contributed by atoms with Gasteiger partial charge >= 0.3 is 0 Å². The highest BCUT2D eigenvalue weighted by Crippen LogP contribution is 2.30. The van der Waals surface area contributed by atoms with E-state index in [2.05, 4.69) is 22.2 Å². The van der Waals surface area contributed by atoms with Crippen molar-refractivity contribution >= 4 is 17.3 Å². The number of piperazine rings is 1. The van der Waals surface area contributed by atoms with Gasteiger partial charge in [0.1, 0.15) is 11.5 Å².